The monoisotopic (exact) mass is 321 g/mol. The molecule has 0 bridgehead atoms. The molecular weight excluding hydrogens is 305 g/mol. The zero-order valence-electron chi connectivity index (χ0n) is 11.8. The van der Waals surface area contributed by atoms with Crippen LogP contribution in [0.4, 0.5) is 0 Å². The Morgan fingerprint density at radius 2 is 1.67 bits per heavy atom. The summed E-state index contributed by atoms with van der Waals surface area (Å²) in [5, 5.41) is 3.97. The third-order valence-electron chi connectivity index (χ3n) is 3.24. The lowest BCUT2D eigenvalue weighted by atomic mass is 10.1. The third kappa shape index (κ3) is 5.07. The largest absolute Gasteiger partial charge is 0.352 e. The lowest BCUT2D eigenvalue weighted by molar-refractivity contribution is -0.121. The van der Waals surface area contributed by atoms with E-state index in [0.717, 1.165) is 11.1 Å². The molecule has 0 saturated heterocycles. The summed E-state index contributed by atoms with van der Waals surface area (Å²) >= 11 is 11.8. The molecule has 0 spiro atoms. The Balaban J connectivity index is 1.79. The van der Waals surface area contributed by atoms with Crippen molar-refractivity contribution in [3.05, 3.63) is 69.2 Å². The number of aryl methyl sites for hydroxylation is 2. The fourth-order valence-electron chi connectivity index (χ4n) is 1.95. The first-order chi connectivity index (χ1) is 10.0. The molecule has 4 heteroatoms. The van der Waals surface area contributed by atoms with Crippen LogP contribution < -0.4 is 5.32 Å². The first-order valence-electron chi connectivity index (χ1n) is 6.81. The molecule has 1 N–H and O–H groups in total. The summed E-state index contributed by atoms with van der Waals surface area (Å²) in [5.74, 6) is 0.0293. The molecule has 2 rings (SSSR count). The highest BCUT2D eigenvalue weighted by Crippen LogP contribution is 2.23. The maximum absolute atomic E-state index is 11.8. The summed E-state index contributed by atoms with van der Waals surface area (Å²) in [7, 11) is 0. The number of hydrogen-bond donors (Lipinski definition) is 1. The fourth-order valence-corrected chi connectivity index (χ4v) is 2.27. The van der Waals surface area contributed by atoms with Gasteiger partial charge in [0, 0.05) is 13.0 Å². The third-order valence-corrected chi connectivity index (χ3v) is 3.97. The number of halogens is 2. The van der Waals surface area contributed by atoms with E-state index in [2.05, 4.69) is 5.32 Å². The highest BCUT2D eigenvalue weighted by molar-refractivity contribution is 6.42. The Morgan fingerprint density at radius 1 is 1.00 bits per heavy atom. The van der Waals surface area contributed by atoms with Crippen LogP contribution in [0.2, 0.25) is 10.0 Å². The maximum atomic E-state index is 11.8. The predicted octanol–water partition coefficient (Wildman–Crippen LogP) is 4.55. The minimum absolute atomic E-state index is 0.0293. The van der Waals surface area contributed by atoms with E-state index in [1.165, 1.54) is 5.56 Å². The van der Waals surface area contributed by atoms with Crippen molar-refractivity contribution in [3.63, 3.8) is 0 Å². The first-order valence-corrected chi connectivity index (χ1v) is 7.56. The van der Waals surface area contributed by atoms with Crippen LogP contribution in [0.1, 0.15) is 23.1 Å². The van der Waals surface area contributed by atoms with Crippen molar-refractivity contribution in [2.45, 2.75) is 26.3 Å². The average Bonchev–Trinajstić information content (AvgIpc) is 2.48. The number of carbonyl (C=O) groups excluding carboxylic acids is 1. The molecule has 1 amide bonds. The van der Waals surface area contributed by atoms with Crippen molar-refractivity contribution in [1.29, 1.82) is 0 Å². The van der Waals surface area contributed by atoms with Gasteiger partial charge in [-0.1, -0.05) is 59.1 Å². The maximum Gasteiger partial charge on any atom is 0.220 e. The molecule has 2 aromatic carbocycles. The Morgan fingerprint density at radius 3 is 2.33 bits per heavy atom. The summed E-state index contributed by atoms with van der Waals surface area (Å²) in [6.45, 7) is 2.60. The van der Waals surface area contributed by atoms with Gasteiger partial charge in [-0.15, -0.1) is 0 Å². The molecule has 110 valence electrons. The quantitative estimate of drug-likeness (QED) is 0.859. The van der Waals surface area contributed by atoms with Gasteiger partial charge in [0.2, 0.25) is 5.91 Å². The zero-order valence-corrected chi connectivity index (χ0v) is 13.3. The molecule has 0 fully saturated rings. The molecule has 0 aliphatic rings. The van der Waals surface area contributed by atoms with Crippen LogP contribution in [-0.4, -0.2) is 5.91 Å². The van der Waals surface area contributed by atoms with E-state index in [1.54, 1.807) is 12.1 Å². The van der Waals surface area contributed by atoms with E-state index in [4.69, 9.17) is 23.2 Å². The molecular formula is C17H17Cl2NO. The number of benzene rings is 2. The van der Waals surface area contributed by atoms with Crippen molar-refractivity contribution in [1.82, 2.24) is 5.32 Å². The molecule has 0 aliphatic heterocycles. The molecule has 0 aliphatic carbocycles. The Kier molecular flexibility index (Phi) is 5.66. The summed E-state index contributed by atoms with van der Waals surface area (Å²) in [6, 6.07) is 13.6. The second-order valence-electron chi connectivity index (χ2n) is 5.01. The Hall–Kier alpha value is -1.51. The van der Waals surface area contributed by atoms with Gasteiger partial charge in [-0.05, 0) is 36.6 Å². The minimum Gasteiger partial charge on any atom is -0.352 e. The van der Waals surface area contributed by atoms with E-state index in [-0.39, 0.29) is 5.91 Å². The van der Waals surface area contributed by atoms with Crippen LogP contribution in [0.15, 0.2) is 42.5 Å². The van der Waals surface area contributed by atoms with Gasteiger partial charge in [-0.2, -0.15) is 0 Å². The highest BCUT2D eigenvalue weighted by Gasteiger charge is 2.04. The Labute approximate surface area is 135 Å². The minimum atomic E-state index is 0.0293. The molecule has 0 radical (unpaired) electrons. The van der Waals surface area contributed by atoms with Crippen LogP contribution in [-0.2, 0) is 17.8 Å². The number of hydrogen-bond acceptors (Lipinski definition) is 1. The van der Waals surface area contributed by atoms with Crippen LogP contribution in [0.3, 0.4) is 0 Å². The van der Waals surface area contributed by atoms with Gasteiger partial charge in [-0.3, -0.25) is 4.79 Å². The molecule has 0 unspecified atom stereocenters. The van der Waals surface area contributed by atoms with Gasteiger partial charge in [0.1, 0.15) is 0 Å². The highest BCUT2D eigenvalue weighted by atomic mass is 35.5. The van der Waals surface area contributed by atoms with Crippen LogP contribution in [0.25, 0.3) is 0 Å². The lowest BCUT2D eigenvalue weighted by Crippen LogP contribution is -2.22. The van der Waals surface area contributed by atoms with Crippen molar-refractivity contribution in [2.24, 2.45) is 0 Å². The molecule has 0 saturated carbocycles. The second kappa shape index (κ2) is 7.48. The number of rotatable bonds is 5. The van der Waals surface area contributed by atoms with E-state index in [1.807, 2.05) is 37.3 Å². The summed E-state index contributed by atoms with van der Waals surface area (Å²) in [5.41, 5.74) is 3.32. The van der Waals surface area contributed by atoms with E-state index < -0.39 is 0 Å². The van der Waals surface area contributed by atoms with Crippen molar-refractivity contribution < 1.29 is 4.79 Å². The standard InChI is InChI=1S/C17H17Cl2NO/c1-12-2-4-14(5-3-12)11-20-17(21)9-7-13-6-8-15(18)16(19)10-13/h2-6,8,10H,7,9,11H2,1H3,(H,20,21). The summed E-state index contributed by atoms with van der Waals surface area (Å²) in [4.78, 5) is 11.8. The summed E-state index contributed by atoms with van der Waals surface area (Å²) in [6.07, 6.45) is 1.08. The van der Waals surface area contributed by atoms with Crippen LogP contribution in [0, 0.1) is 6.92 Å². The van der Waals surface area contributed by atoms with Gasteiger partial charge in [0.05, 0.1) is 10.0 Å². The average molecular weight is 322 g/mol. The lowest BCUT2D eigenvalue weighted by Gasteiger charge is -2.06. The normalized spacial score (nSPS) is 10.4. The van der Waals surface area contributed by atoms with Crippen LogP contribution >= 0.6 is 23.2 Å². The molecule has 2 aromatic rings. The van der Waals surface area contributed by atoms with E-state index in [9.17, 15) is 4.79 Å². The summed E-state index contributed by atoms with van der Waals surface area (Å²) < 4.78 is 0. The fraction of sp³-hybridized carbons (Fsp3) is 0.235. The van der Waals surface area contributed by atoms with E-state index >= 15 is 0 Å². The molecule has 0 aromatic heterocycles. The van der Waals surface area contributed by atoms with E-state index in [0.29, 0.717) is 29.4 Å². The molecule has 2 nitrogen and oxygen atoms in total. The van der Waals surface area contributed by atoms with Gasteiger partial charge in [0.25, 0.3) is 0 Å². The number of nitrogens with one attached hydrogen (secondary N) is 1. The van der Waals surface area contributed by atoms with Crippen LogP contribution in [0.5, 0.6) is 0 Å². The van der Waals surface area contributed by atoms with Crippen molar-refractivity contribution >= 4 is 29.1 Å². The van der Waals surface area contributed by atoms with Gasteiger partial charge >= 0.3 is 0 Å². The number of amides is 1. The molecule has 0 atom stereocenters. The van der Waals surface area contributed by atoms with Gasteiger partial charge in [-0.25, -0.2) is 0 Å². The SMILES string of the molecule is Cc1ccc(CNC(=O)CCc2ccc(Cl)c(Cl)c2)cc1. The van der Waals surface area contributed by atoms with Gasteiger partial charge < -0.3 is 5.32 Å². The number of carbonyl (C=O) groups is 1. The molecule has 21 heavy (non-hydrogen) atoms. The smallest absolute Gasteiger partial charge is 0.220 e. The van der Waals surface area contributed by atoms with Crippen molar-refractivity contribution in [3.8, 4) is 0 Å². The first kappa shape index (κ1) is 15.9. The van der Waals surface area contributed by atoms with Gasteiger partial charge in [0.15, 0.2) is 0 Å². The topological polar surface area (TPSA) is 29.1 Å². The Bertz CT molecular complexity index is 623. The van der Waals surface area contributed by atoms with Crippen molar-refractivity contribution in [2.75, 3.05) is 0 Å². The predicted molar refractivity (Wildman–Crippen MR) is 87.8 cm³/mol. The molecule has 0 heterocycles. The second-order valence-corrected chi connectivity index (χ2v) is 5.83. The zero-order chi connectivity index (χ0) is 15.2.